The smallest absolute Gasteiger partial charge is 0.304 e. The highest BCUT2D eigenvalue weighted by molar-refractivity contribution is 7.15. The lowest BCUT2D eigenvalue weighted by atomic mass is 10.5. The molecule has 0 bridgehead atoms. The first-order chi connectivity index (χ1) is 6.74. The third-order valence-electron chi connectivity index (χ3n) is 1.53. The molecular formula is C7H8N4OS2. The lowest BCUT2D eigenvalue weighted by molar-refractivity contribution is 1.00. The van der Waals surface area contributed by atoms with Crippen molar-refractivity contribution in [1.82, 2.24) is 15.2 Å². The zero-order valence-corrected chi connectivity index (χ0v) is 9.04. The second-order valence-electron chi connectivity index (χ2n) is 2.65. The van der Waals surface area contributed by atoms with Gasteiger partial charge in [0.05, 0.1) is 6.54 Å². The van der Waals surface area contributed by atoms with E-state index in [0.29, 0.717) is 6.54 Å². The number of aromatic nitrogens is 3. The number of rotatable bonds is 3. The van der Waals surface area contributed by atoms with E-state index in [9.17, 15) is 4.79 Å². The Balaban J connectivity index is 1.98. The van der Waals surface area contributed by atoms with E-state index in [1.54, 1.807) is 5.38 Å². The maximum Gasteiger partial charge on any atom is 0.304 e. The maximum absolute atomic E-state index is 10.8. The van der Waals surface area contributed by atoms with Crippen molar-refractivity contribution in [2.75, 3.05) is 5.32 Å². The van der Waals surface area contributed by atoms with E-state index < -0.39 is 0 Å². The Morgan fingerprint density at radius 2 is 2.43 bits per heavy atom. The van der Waals surface area contributed by atoms with E-state index in [1.165, 1.54) is 11.3 Å². The van der Waals surface area contributed by atoms with Crippen LogP contribution >= 0.6 is 22.7 Å². The number of nitrogens with one attached hydrogen (secondary N) is 2. The van der Waals surface area contributed by atoms with Crippen molar-refractivity contribution in [2.24, 2.45) is 0 Å². The zero-order valence-electron chi connectivity index (χ0n) is 7.40. The van der Waals surface area contributed by atoms with Crippen LogP contribution in [-0.4, -0.2) is 15.2 Å². The molecular weight excluding hydrogens is 220 g/mol. The molecule has 14 heavy (non-hydrogen) atoms. The molecule has 0 unspecified atom stereocenters. The maximum atomic E-state index is 10.8. The lowest BCUT2D eigenvalue weighted by Gasteiger charge is -1.96. The molecule has 0 spiro atoms. The topological polar surface area (TPSA) is 70.7 Å². The van der Waals surface area contributed by atoms with Gasteiger partial charge >= 0.3 is 4.87 Å². The molecule has 2 aromatic rings. The van der Waals surface area contributed by atoms with Crippen LogP contribution in [0.2, 0.25) is 0 Å². The molecule has 0 atom stereocenters. The fraction of sp³-hybridized carbons (Fsp3) is 0.286. The van der Waals surface area contributed by atoms with Crippen molar-refractivity contribution in [3.05, 3.63) is 25.7 Å². The van der Waals surface area contributed by atoms with Gasteiger partial charge in [0.2, 0.25) is 5.13 Å². The van der Waals surface area contributed by atoms with Gasteiger partial charge in [-0.25, -0.2) is 0 Å². The number of thiazole rings is 1. The van der Waals surface area contributed by atoms with Crippen LogP contribution in [0, 0.1) is 6.92 Å². The van der Waals surface area contributed by atoms with Crippen LogP contribution in [0.15, 0.2) is 10.2 Å². The van der Waals surface area contributed by atoms with Crippen LogP contribution < -0.4 is 10.2 Å². The number of H-pyrrole nitrogens is 1. The van der Waals surface area contributed by atoms with Gasteiger partial charge in [0.25, 0.3) is 0 Å². The summed E-state index contributed by atoms with van der Waals surface area (Å²) in [6.45, 7) is 2.47. The minimum Gasteiger partial charge on any atom is -0.354 e. The summed E-state index contributed by atoms with van der Waals surface area (Å²) in [5, 5.41) is 14.3. The van der Waals surface area contributed by atoms with Gasteiger partial charge in [0, 0.05) is 11.1 Å². The molecule has 0 fully saturated rings. The van der Waals surface area contributed by atoms with Crippen molar-refractivity contribution in [1.29, 1.82) is 0 Å². The average molecular weight is 228 g/mol. The molecule has 7 heteroatoms. The lowest BCUT2D eigenvalue weighted by Crippen LogP contribution is -2.02. The zero-order chi connectivity index (χ0) is 9.97. The van der Waals surface area contributed by atoms with Crippen molar-refractivity contribution >= 4 is 27.8 Å². The normalized spacial score (nSPS) is 10.4. The largest absolute Gasteiger partial charge is 0.354 e. The number of nitrogens with zero attached hydrogens (tertiary/aromatic N) is 2. The minimum atomic E-state index is -0.0322. The molecule has 0 aliphatic heterocycles. The highest BCUT2D eigenvalue weighted by Crippen LogP contribution is 2.14. The second-order valence-corrected chi connectivity index (χ2v) is 4.68. The highest BCUT2D eigenvalue weighted by Gasteiger charge is 2.00. The van der Waals surface area contributed by atoms with E-state index in [1.807, 2.05) is 6.92 Å². The predicted octanol–water partition coefficient (Wildman–Crippen LogP) is 1.21. The molecule has 5 nitrogen and oxygen atoms in total. The van der Waals surface area contributed by atoms with Crippen LogP contribution in [0.1, 0.15) is 10.7 Å². The third-order valence-corrected chi connectivity index (χ3v) is 3.04. The summed E-state index contributed by atoms with van der Waals surface area (Å²) in [7, 11) is 0. The Labute approximate surface area is 87.8 Å². The molecule has 74 valence electrons. The van der Waals surface area contributed by atoms with E-state index in [2.05, 4.69) is 20.5 Å². The van der Waals surface area contributed by atoms with Gasteiger partial charge in [-0.1, -0.05) is 22.7 Å². The summed E-state index contributed by atoms with van der Waals surface area (Å²) in [5.74, 6) is 0. The molecule has 2 heterocycles. The summed E-state index contributed by atoms with van der Waals surface area (Å²) >= 11 is 2.65. The standard InChI is InChI=1S/C7H8N4OS2/c1-4-10-11-6(14-4)8-2-5-3-13-7(12)9-5/h3H,2H2,1H3,(H,8,11)(H,9,12). The molecule has 0 aromatic carbocycles. The summed E-state index contributed by atoms with van der Waals surface area (Å²) in [4.78, 5) is 13.5. The van der Waals surface area contributed by atoms with Gasteiger partial charge in [-0.15, -0.1) is 10.2 Å². The van der Waals surface area contributed by atoms with Crippen molar-refractivity contribution in [2.45, 2.75) is 13.5 Å². The first-order valence-electron chi connectivity index (χ1n) is 3.95. The molecule has 2 N–H and O–H groups in total. The summed E-state index contributed by atoms with van der Waals surface area (Å²) in [6, 6.07) is 0. The summed E-state index contributed by atoms with van der Waals surface area (Å²) < 4.78 is 0. The van der Waals surface area contributed by atoms with Crippen LogP contribution in [-0.2, 0) is 6.54 Å². The number of anilines is 1. The molecule has 2 rings (SSSR count). The fourth-order valence-corrected chi connectivity index (χ4v) is 2.11. The predicted molar refractivity (Wildman–Crippen MR) is 56.9 cm³/mol. The van der Waals surface area contributed by atoms with Gasteiger partial charge in [0.1, 0.15) is 5.01 Å². The summed E-state index contributed by atoms with van der Waals surface area (Å²) in [5.41, 5.74) is 0.868. The molecule has 0 saturated carbocycles. The average Bonchev–Trinajstić information content (AvgIpc) is 2.72. The Hall–Kier alpha value is -1.21. The van der Waals surface area contributed by atoms with Gasteiger partial charge in [-0.2, -0.15) is 0 Å². The molecule has 2 aromatic heterocycles. The quantitative estimate of drug-likeness (QED) is 0.828. The van der Waals surface area contributed by atoms with Crippen molar-refractivity contribution in [3.8, 4) is 0 Å². The van der Waals surface area contributed by atoms with Gasteiger partial charge < -0.3 is 10.3 Å². The minimum absolute atomic E-state index is 0.0322. The molecule has 0 amide bonds. The number of hydrogen-bond donors (Lipinski definition) is 2. The Kier molecular flexibility index (Phi) is 2.60. The van der Waals surface area contributed by atoms with Gasteiger partial charge in [-0.05, 0) is 6.92 Å². The molecule has 0 radical (unpaired) electrons. The van der Waals surface area contributed by atoms with E-state index in [-0.39, 0.29) is 4.87 Å². The van der Waals surface area contributed by atoms with Gasteiger partial charge in [-0.3, -0.25) is 4.79 Å². The molecule has 0 aliphatic rings. The van der Waals surface area contributed by atoms with Crippen molar-refractivity contribution < 1.29 is 0 Å². The first-order valence-corrected chi connectivity index (χ1v) is 5.64. The van der Waals surface area contributed by atoms with Crippen LogP contribution in [0.5, 0.6) is 0 Å². The van der Waals surface area contributed by atoms with E-state index >= 15 is 0 Å². The molecule has 0 saturated heterocycles. The second kappa shape index (κ2) is 3.89. The number of aryl methyl sites for hydroxylation is 1. The highest BCUT2D eigenvalue weighted by atomic mass is 32.1. The van der Waals surface area contributed by atoms with Crippen molar-refractivity contribution in [3.63, 3.8) is 0 Å². The summed E-state index contributed by atoms with van der Waals surface area (Å²) in [6.07, 6.45) is 0. The van der Waals surface area contributed by atoms with Crippen LogP contribution in [0.25, 0.3) is 0 Å². The SMILES string of the molecule is Cc1nnc(NCc2csc(=O)[nH]2)s1. The number of aromatic amines is 1. The first kappa shape index (κ1) is 9.35. The fourth-order valence-electron chi connectivity index (χ4n) is 0.939. The van der Waals surface area contributed by atoms with Gasteiger partial charge in [0.15, 0.2) is 0 Å². The Morgan fingerprint density at radius 1 is 1.57 bits per heavy atom. The van der Waals surface area contributed by atoms with E-state index in [0.717, 1.165) is 27.2 Å². The monoisotopic (exact) mass is 228 g/mol. The van der Waals surface area contributed by atoms with Crippen LogP contribution in [0.4, 0.5) is 5.13 Å². The molecule has 0 aliphatic carbocycles. The Bertz CT molecular complexity index is 472. The number of hydrogen-bond acceptors (Lipinski definition) is 6. The van der Waals surface area contributed by atoms with E-state index in [4.69, 9.17) is 0 Å². The van der Waals surface area contributed by atoms with Crippen LogP contribution in [0.3, 0.4) is 0 Å². The third kappa shape index (κ3) is 2.18. The Morgan fingerprint density at radius 3 is 3.00 bits per heavy atom.